The molecule has 5 nitrogen and oxygen atoms in total. The standard InChI is InChI=1S/C17H19NO4/c1-21-15-4-2-3-5-16(15)22-12-17(20)18-14-8-6-13(7-9-14)10-11-19/h2-9,19H,10-12H2,1H3,(H,18,20). The summed E-state index contributed by atoms with van der Waals surface area (Å²) < 4.78 is 10.6. The Kier molecular flexibility index (Phi) is 5.80. The molecular formula is C17H19NO4. The number of hydrogen-bond donors (Lipinski definition) is 2. The van der Waals surface area contributed by atoms with E-state index < -0.39 is 0 Å². The number of hydrogen-bond acceptors (Lipinski definition) is 4. The number of aliphatic hydroxyl groups is 1. The van der Waals surface area contributed by atoms with E-state index in [1.165, 1.54) is 0 Å². The van der Waals surface area contributed by atoms with Gasteiger partial charge in [-0.25, -0.2) is 0 Å². The lowest BCUT2D eigenvalue weighted by Crippen LogP contribution is -2.20. The van der Waals surface area contributed by atoms with Crippen molar-refractivity contribution in [3.8, 4) is 11.5 Å². The molecule has 0 saturated heterocycles. The molecule has 0 aliphatic rings. The first kappa shape index (κ1) is 15.9. The SMILES string of the molecule is COc1ccccc1OCC(=O)Nc1ccc(CCO)cc1. The first-order chi connectivity index (χ1) is 10.7. The molecule has 2 aromatic rings. The molecule has 0 aliphatic heterocycles. The van der Waals surface area contributed by atoms with Crippen molar-refractivity contribution in [2.75, 3.05) is 25.6 Å². The average Bonchev–Trinajstić information content (AvgIpc) is 2.55. The molecule has 22 heavy (non-hydrogen) atoms. The largest absolute Gasteiger partial charge is 0.493 e. The summed E-state index contributed by atoms with van der Waals surface area (Å²) in [5.41, 5.74) is 1.71. The molecule has 2 rings (SSSR count). The number of ether oxygens (including phenoxy) is 2. The monoisotopic (exact) mass is 301 g/mol. The first-order valence-corrected chi connectivity index (χ1v) is 6.98. The van der Waals surface area contributed by atoms with Gasteiger partial charge in [0.1, 0.15) is 0 Å². The van der Waals surface area contributed by atoms with Gasteiger partial charge in [0.2, 0.25) is 0 Å². The van der Waals surface area contributed by atoms with Gasteiger partial charge >= 0.3 is 0 Å². The van der Waals surface area contributed by atoms with Crippen LogP contribution in [0.2, 0.25) is 0 Å². The molecule has 116 valence electrons. The highest BCUT2D eigenvalue weighted by molar-refractivity contribution is 5.91. The maximum Gasteiger partial charge on any atom is 0.262 e. The van der Waals surface area contributed by atoms with E-state index in [-0.39, 0.29) is 19.1 Å². The molecular weight excluding hydrogens is 282 g/mol. The molecule has 2 N–H and O–H groups in total. The Hall–Kier alpha value is -2.53. The van der Waals surface area contributed by atoms with Crippen LogP contribution in [0.4, 0.5) is 5.69 Å². The van der Waals surface area contributed by atoms with Gasteiger partial charge in [-0.2, -0.15) is 0 Å². The Bertz CT molecular complexity index is 610. The third kappa shape index (κ3) is 4.49. The van der Waals surface area contributed by atoms with E-state index in [1.807, 2.05) is 24.3 Å². The highest BCUT2D eigenvalue weighted by Crippen LogP contribution is 2.25. The number of para-hydroxylation sites is 2. The molecule has 0 radical (unpaired) electrons. The third-order valence-corrected chi connectivity index (χ3v) is 3.07. The molecule has 0 atom stereocenters. The number of rotatable bonds is 7. The minimum absolute atomic E-state index is 0.0984. The van der Waals surface area contributed by atoms with Crippen LogP contribution in [0.15, 0.2) is 48.5 Å². The van der Waals surface area contributed by atoms with Crippen molar-refractivity contribution in [3.05, 3.63) is 54.1 Å². The van der Waals surface area contributed by atoms with Crippen molar-refractivity contribution < 1.29 is 19.4 Å². The fourth-order valence-corrected chi connectivity index (χ4v) is 1.96. The lowest BCUT2D eigenvalue weighted by Gasteiger charge is -2.10. The molecule has 0 heterocycles. The molecule has 5 heteroatoms. The second-order valence-corrected chi connectivity index (χ2v) is 4.66. The molecule has 1 amide bonds. The fraction of sp³-hybridized carbons (Fsp3) is 0.235. The van der Waals surface area contributed by atoms with Crippen LogP contribution in [-0.4, -0.2) is 31.3 Å². The quantitative estimate of drug-likeness (QED) is 0.823. The van der Waals surface area contributed by atoms with Gasteiger partial charge in [-0.15, -0.1) is 0 Å². The van der Waals surface area contributed by atoms with E-state index >= 15 is 0 Å². The molecule has 0 fully saturated rings. The third-order valence-electron chi connectivity index (χ3n) is 3.07. The lowest BCUT2D eigenvalue weighted by molar-refractivity contribution is -0.118. The maximum atomic E-state index is 11.9. The van der Waals surface area contributed by atoms with Crippen LogP contribution >= 0.6 is 0 Å². The topological polar surface area (TPSA) is 67.8 Å². The summed E-state index contributed by atoms with van der Waals surface area (Å²) in [6, 6.07) is 14.5. The molecule has 0 saturated carbocycles. The van der Waals surface area contributed by atoms with Crippen molar-refractivity contribution in [2.45, 2.75) is 6.42 Å². The predicted octanol–water partition coefficient (Wildman–Crippen LogP) is 2.25. The molecule has 0 aromatic heterocycles. The Morgan fingerprint density at radius 3 is 2.41 bits per heavy atom. The molecule has 0 spiro atoms. The zero-order valence-corrected chi connectivity index (χ0v) is 12.4. The van der Waals surface area contributed by atoms with E-state index in [2.05, 4.69) is 5.32 Å². The van der Waals surface area contributed by atoms with E-state index in [1.54, 1.807) is 31.4 Å². The molecule has 0 aliphatic carbocycles. The number of anilines is 1. The highest BCUT2D eigenvalue weighted by Gasteiger charge is 2.07. The Morgan fingerprint density at radius 2 is 1.77 bits per heavy atom. The van der Waals surface area contributed by atoms with Gasteiger partial charge in [0.15, 0.2) is 18.1 Å². The van der Waals surface area contributed by atoms with Gasteiger partial charge in [0, 0.05) is 12.3 Å². The number of carbonyl (C=O) groups excluding carboxylic acids is 1. The average molecular weight is 301 g/mol. The summed E-state index contributed by atoms with van der Waals surface area (Å²) in [6.07, 6.45) is 0.602. The number of aliphatic hydroxyl groups excluding tert-OH is 1. The van der Waals surface area contributed by atoms with Crippen molar-refractivity contribution in [1.29, 1.82) is 0 Å². The number of amides is 1. The molecule has 2 aromatic carbocycles. The van der Waals surface area contributed by atoms with E-state index in [4.69, 9.17) is 14.6 Å². The normalized spacial score (nSPS) is 10.1. The van der Waals surface area contributed by atoms with Crippen LogP contribution in [0.3, 0.4) is 0 Å². The summed E-state index contributed by atoms with van der Waals surface area (Å²) in [7, 11) is 1.55. The van der Waals surface area contributed by atoms with E-state index in [0.29, 0.717) is 23.6 Å². The number of methoxy groups -OCH3 is 1. The zero-order valence-electron chi connectivity index (χ0n) is 12.4. The molecule has 0 unspecified atom stereocenters. The van der Waals surface area contributed by atoms with Gasteiger partial charge in [0.05, 0.1) is 7.11 Å². The summed E-state index contributed by atoms with van der Waals surface area (Å²) in [4.78, 5) is 11.9. The van der Waals surface area contributed by atoms with Gasteiger partial charge < -0.3 is 19.9 Å². The minimum atomic E-state index is -0.249. The highest BCUT2D eigenvalue weighted by atomic mass is 16.5. The second kappa shape index (κ2) is 8.05. The number of benzene rings is 2. The summed E-state index contributed by atoms with van der Waals surface area (Å²) >= 11 is 0. The van der Waals surface area contributed by atoms with Crippen LogP contribution in [0.1, 0.15) is 5.56 Å². The van der Waals surface area contributed by atoms with Crippen LogP contribution in [0.5, 0.6) is 11.5 Å². The van der Waals surface area contributed by atoms with Crippen LogP contribution in [0.25, 0.3) is 0 Å². The number of nitrogens with one attached hydrogen (secondary N) is 1. The molecule has 0 bridgehead atoms. The summed E-state index contributed by atoms with van der Waals surface area (Å²) in [6.45, 7) is 0.0111. The zero-order chi connectivity index (χ0) is 15.8. The van der Waals surface area contributed by atoms with Crippen molar-refractivity contribution >= 4 is 11.6 Å². The fourth-order valence-electron chi connectivity index (χ4n) is 1.96. The maximum absolute atomic E-state index is 11.9. The van der Waals surface area contributed by atoms with Crippen LogP contribution < -0.4 is 14.8 Å². The van der Waals surface area contributed by atoms with Gasteiger partial charge in [-0.3, -0.25) is 4.79 Å². The van der Waals surface area contributed by atoms with E-state index in [0.717, 1.165) is 5.56 Å². The summed E-state index contributed by atoms with van der Waals surface area (Å²) in [5.74, 6) is 0.864. The van der Waals surface area contributed by atoms with Crippen molar-refractivity contribution in [2.24, 2.45) is 0 Å². The Labute approximate surface area is 129 Å². The van der Waals surface area contributed by atoms with Crippen molar-refractivity contribution in [3.63, 3.8) is 0 Å². The minimum Gasteiger partial charge on any atom is -0.493 e. The first-order valence-electron chi connectivity index (χ1n) is 6.98. The van der Waals surface area contributed by atoms with Gasteiger partial charge in [-0.05, 0) is 36.2 Å². The van der Waals surface area contributed by atoms with Gasteiger partial charge in [-0.1, -0.05) is 24.3 Å². The van der Waals surface area contributed by atoms with Crippen LogP contribution in [-0.2, 0) is 11.2 Å². The summed E-state index contributed by atoms with van der Waals surface area (Å²) in [5, 5.41) is 11.6. The van der Waals surface area contributed by atoms with Crippen LogP contribution in [0, 0.1) is 0 Å². The van der Waals surface area contributed by atoms with Crippen molar-refractivity contribution in [1.82, 2.24) is 0 Å². The Balaban J connectivity index is 1.87. The predicted molar refractivity (Wildman–Crippen MR) is 84.4 cm³/mol. The smallest absolute Gasteiger partial charge is 0.262 e. The Morgan fingerprint density at radius 1 is 1.09 bits per heavy atom. The van der Waals surface area contributed by atoms with E-state index in [9.17, 15) is 4.79 Å². The second-order valence-electron chi connectivity index (χ2n) is 4.66. The number of carbonyl (C=O) groups is 1. The van der Waals surface area contributed by atoms with Gasteiger partial charge in [0.25, 0.3) is 5.91 Å². The lowest BCUT2D eigenvalue weighted by atomic mass is 10.1.